The Labute approximate surface area is 139 Å². The summed E-state index contributed by atoms with van der Waals surface area (Å²) in [5, 5.41) is 10.6. The molecule has 4 rings (SSSR count). The number of hydrogen-bond donors (Lipinski definition) is 2. The van der Waals surface area contributed by atoms with Gasteiger partial charge in [0.15, 0.2) is 11.6 Å². The van der Waals surface area contributed by atoms with Crippen LogP contribution in [0.5, 0.6) is 11.5 Å². The molecule has 0 saturated carbocycles. The number of rotatable bonds is 4. The van der Waals surface area contributed by atoms with Crippen molar-refractivity contribution in [3.8, 4) is 22.1 Å². The lowest BCUT2D eigenvalue weighted by Gasteiger charge is -2.12. The lowest BCUT2D eigenvalue weighted by atomic mass is 10.3. The maximum absolute atomic E-state index is 14.0. The molecule has 0 spiro atoms. The van der Waals surface area contributed by atoms with E-state index in [0.29, 0.717) is 5.75 Å². The number of hydrogen-bond acceptors (Lipinski definition) is 6. The van der Waals surface area contributed by atoms with Crippen molar-refractivity contribution in [1.82, 2.24) is 15.0 Å². The Morgan fingerprint density at radius 1 is 1.21 bits per heavy atom. The summed E-state index contributed by atoms with van der Waals surface area (Å²) in [5.41, 5.74) is 3.41. The van der Waals surface area contributed by atoms with E-state index < -0.39 is 5.82 Å². The molecule has 0 saturated heterocycles. The van der Waals surface area contributed by atoms with E-state index in [2.05, 4.69) is 15.0 Å². The van der Waals surface area contributed by atoms with E-state index >= 15 is 0 Å². The Morgan fingerprint density at radius 3 is 2.88 bits per heavy atom. The van der Waals surface area contributed by atoms with Crippen LogP contribution in [0.1, 0.15) is 0 Å². The highest BCUT2D eigenvalue weighted by atomic mass is 32.1. The quantitative estimate of drug-likeness (QED) is 0.533. The van der Waals surface area contributed by atoms with Crippen LogP contribution in [-0.4, -0.2) is 15.0 Å². The van der Waals surface area contributed by atoms with Gasteiger partial charge in [0.25, 0.3) is 0 Å². The van der Waals surface area contributed by atoms with Gasteiger partial charge in [0.05, 0.1) is 33.3 Å². The van der Waals surface area contributed by atoms with E-state index in [1.54, 1.807) is 30.3 Å². The van der Waals surface area contributed by atoms with Gasteiger partial charge in [0.2, 0.25) is 0 Å². The Balaban J connectivity index is 1.74. The molecule has 2 N–H and O–H groups in total. The molecule has 0 aliphatic heterocycles. The van der Waals surface area contributed by atoms with Crippen molar-refractivity contribution in [1.29, 1.82) is 0 Å². The molecule has 0 atom stereocenters. The van der Waals surface area contributed by atoms with Crippen molar-refractivity contribution in [2.24, 2.45) is 0 Å². The maximum Gasteiger partial charge on any atom is 0.167 e. The number of aromatic nitrogens is 3. The van der Waals surface area contributed by atoms with E-state index in [9.17, 15) is 9.60 Å². The van der Waals surface area contributed by atoms with Crippen molar-refractivity contribution in [2.75, 3.05) is 5.48 Å². The van der Waals surface area contributed by atoms with Gasteiger partial charge in [-0.3, -0.25) is 4.98 Å². The average molecular weight is 341 g/mol. The van der Waals surface area contributed by atoms with Gasteiger partial charge in [-0.05, 0) is 18.2 Å². The molecule has 0 aliphatic carbocycles. The second kappa shape index (κ2) is 5.91. The van der Waals surface area contributed by atoms with E-state index in [4.69, 9.17) is 4.74 Å². The molecule has 24 heavy (non-hydrogen) atoms. The highest BCUT2D eigenvalue weighted by Gasteiger charge is 2.13. The largest absolute Gasteiger partial charge is 0.761 e. The van der Waals surface area contributed by atoms with E-state index in [1.165, 1.54) is 23.5 Å². The van der Waals surface area contributed by atoms with Crippen LogP contribution < -0.4 is 10.2 Å². The van der Waals surface area contributed by atoms with Gasteiger partial charge in [-0.25, -0.2) is 9.37 Å². The number of halogens is 1. The van der Waals surface area contributed by atoms with Crippen LogP contribution in [-0.2, 0) is 0 Å². The molecule has 0 radical (unpaired) electrons. The van der Waals surface area contributed by atoms with Crippen LogP contribution in [0.15, 0.2) is 49.1 Å². The van der Waals surface area contributed by atoms with Gasteiger partial charge in [0, 0.05) is 24.0 Å². The number of H-pyrrole nitrogens is 1. The van der Waals surface area contributed by atoms with Crippen molar-refractivity contribution in [2.45, 2.75) is 0 Å². The number of imidazole rings is 1. The zero-order valence-corrected chi connectivity index (χ0v) is 12.9. The van der Waals surface area contributed by atoms with Gasteiger partial charge in [-0.2, -0.15) is 0 Å². The molecule has 3 aromatic heterocycles. The fourth-order valence-corrected chi connectivity index (χ4v) is 3.32. The van der Waals surface area contributed by atoms with Crippen LogP contribution in [0.25, 0.3) is 20.8 Å². The Hall–Kier alpha value is -2.97. The molecule has 4 aromatic rings. The number of fused-ring (bicyclic) bond motifs is 1. The number of nitrogens with one attached hydrogen (secondary N) is 2. The Morgan fingerprint density at radius 2 is 2.12 bits per heavy atom. The molecule has 0 amide bonds. The predicted molar refractivity (Wildman–Crippen MR) is 90.7 cm³/mol. The second-order valence-electron chi connectivity index (χ2n) is 4.95. The minimum Gasteiger partial charge on any atom is -0.761 e. The Kier molecular flexibility index (Phi) is 3.60. The molecule has 1 aromatic carbocycles. The number of nitrogens with zero attached hydrogens (tertiary/aromatic N) is 2. The van der Waals surface area contributed by atoms with Gasteiger partial charge in [-0.15, -0.1) is 11.3 Å². The minimum absolute atomic E-state index is 0.0398. The molecule has 6 nitrogen and oxygen atoms in total. The lowest BCUT2D eigenvalue weighted by molar-refractivity contribution is 0.447. The van der Waals surface area contributed by atoms with Gasteiger partial charge in [0.1, 0.15) is 5.75 Å². The second-order valence-corrected chi connectivity index (χ2v) is 6.00. The summed E-state index contributed by atoms with van der Waals surface area (Å²) in [7, 11) is 0. The monoisotopic (exact) mass is 341 g/mol. The summed E-state index contributed by atoms with van der Waals surface area (Å²) in [6, 6.07) is 7.54. The van der Waals surface area contributed by atoms with E-state index in [-0.39, 0.29) is 11.4 Å². The predicted octanol–water partition coefficient (Wildman–Crippen LogP) is 4.53. The standard InChI is InChI=1S/C16H10FN4O2S/c17-10-5-9(21-22)1-2-13(10)23-14-3-4-19-11-6-15(24-16(11)14)12-7-18-8-20-12/h1-8,21H,(H,18,20)/q-1. The summed E-state index contributed by atoms with van der Waals surface area (Å²) >= 11 is 1.47. The molecular formula is C16H10FN4O2S-. The van der Waals surface area contributed by atoms with Crippen LogP contribution >= 0.6 is 11.3 Å². The van der Waals surface area contributed by atoms with Crippen molar-refractivity contribution in [3.05, 3.63) is 60.1 Å². The highest BCUT2D eigenvalue weighted by molar-refractivity contribution is 7.22. The van der Waals surface area contributed by atoms with Crippen molar-refractivity contribution < 1.29 is 9.13 Å². The SMILES string of the molecule is [O-]Nc1ccc(Oc2ccnc3cc(-c4cnc[nH]4)sc23)c(F)c1. The number of benzene rings is 1. The molecule has 0 unspecified atom stereocenters. The maximum atomic E-state index is 14.0. The fourth-order valence-electron chi connectivity index (χ4n) is 2.28. The number of anilines is 1. The number of aromatic amines is 1. The summed E-state index contributed by atoms with van der Waals surface area (Å²) in [4.78, 5) is 12.3. The first-order valence-corrected chi connectivity index (χ1v) is 7.79. The first-order valence-electron chi connectivity index (χ1n) is 6.97. The zero-order valence-electron chi connectivity index (χ0n) is 12.1. The lowest BCUT2D eigenvalue weighted by Crippen LogP contribution is -1.91. The van der Waals surface area contributed by atoms with Gasteiger partial charge in [-0.1, -0.05) is 0 Å². The number of pyridine rings is 1. The third-order valence-corrected chi connectivity index (χ3v) is 4.58. The fraction of sp³-hybridized carbons (Fsp3) is 0. The summed E-state index contributed by atoms with van der Waals surface area (Å²) in [6.07, 6.45) is 4.93. The molecule has 0 fully saturated rings. The van der Waals surface area contributed by atoms with Crippen LogP contribution in [0.2, 0.25) is 0 Å². The normalized spacial score (nSPS) is 10.9. The van der Waals surface area contributed by atoms with E-state index in [1.807, 2.05) is 6.07 Å². The molecule has 3 heterocycles. The molecular weight excluding hydrogens is 331 g/mol. The summed E-state index contributed by atoms with van der Waals surface area (Å²) in [5.74, 6) is -0.0818. The zero-order chi connectivity index (χ0) is 16.5. The molecule has 120 valence electrons. The van der Waals surface area contributed by atoms with Crippen LogP contribution in [0, 0.1) is 11.0 Å². The summed E-state index contributed by atoms with van der Waals surface area (Å²) < 4.78 is 20.5. The van der Waals surface area contributed by atoms with Crippen molar-refractivity contribution >= 4 is 27.2 Å². The number of thiophene rings is 1. The first kappa shape index (κ1) is 14.6. The number of ether oxygens (including phenoxy) is 1. The summed E-state index contributed by atoms with van der Waals surface area (Å²) in [6.45, 7) is 0. The minimum atomic E-state index is -0.619. The Bertz CT molecular complexity index is 1000. The van der Waals surface area contributed by atoms with Crippen LogP contribution in [0.3, 0.4) is 0 Å². The molecule has 0 bridgehead atoms. The third kappa shape index (κ3) is 2.57. The third-order valence-electron chi connectivity index (χ3n) is 3.41. The smallest absolute Gasteiger partial charge is 0.167 e. The van der Waals surface area contributed by atoms with Gasteiger partial charge >= 0.3 is 0 Å². The highest BCUT2D eigenvalue weighted by Crippen LogP contribution is 2.39. The topological polar surface area (TPSA) is 85.9 Å². The first-order chi connectivity index (χ1) is 11.7. The molecule has 0 aliphatic rings. The van der Waals surface area contributed by atoms with Crippen molar-refractivity contribution in [3.63, 3.8) is 0 Å². The average Bonchev–Trinajstić information content (AvgIpc) is 3.25. The van der Waals surface area contributed by atoms with Crippen LogP contribution in [0.4, 0.5) is 10.1 Å². The van der Waals surface area contributed by atoms with Gasteiger partial charge < -0.3 is 20.4 Å². The van der Waals surface area contributed by atoms with E-state index in [0.717, 1.165) is 26.9 Å². The molecule has 8 heteroatoms.